The Morgan fingerprint density at radius 2 is 1.69 bits per heavy atom. The third kappa shape index (κ3) is 5.55. The molecule has 5 rings (SSSR count). The Bertz CT molecular complexity index is 1320. The Hall–Kier alpha value is -3.35. The van der Waals surface area contributed by atoms with Gasteiger partial charge in [0.1, 0.15) is 11.6 Å². The molecule has 1 fully saturated rings. The summed E-state index contributed by atoms with van der Waals surface area (Å²) < 4.78 is 5.92. The summed E-state index contributed by atoms with van der Waals surface area (Å²) in [6, 6.07) is 20.9. The van der Waals surface area contributed by atoms with E-state index >= 15 is 0 Å². The molecule has 3 heterocycles. The number of nitrogens with one attached hydrogen (secondary N) is 1. The number of anilines is 2. The minimum Gasteiger partial charge on any atom is -0.373 e. The number of hydrogen-bond donors (Lipinski definition) is 1. The van der Waals surface area contributed by atoms with Crippen LogP contribution in [0.1, 0.15) is 46.0 Å². The predicted molar refractivity (Wildman–Crippen MR) is 146 cm³/mol. The molecule has 0 amide bonds. The van der Waals surface area contributed by atoms with E-state index in [1.54, 1.807) is 0 Å². The first-order valence-corrected chi connectivity index (χ1v) is 12.7. The topological polar surface area (TPSA) is 63.2 Å². The van der Waals surface area contributed by atoms with Gasteiger partial charge in [-0.1, -0.05) is 45.0 Å². The number of benzene rings is 2. The van der Waals surface area contributed by atoms with Crippen molar-refractivity contribution in [2.24, 2.45) is 0 Å². The Labute approximate surface area is 213 Å². The van der Waals surface area contributed by atoms with E-state index in [-0.39, 0.29) is 17.6 Å². The van der Waals surface area contributed by atoms with Crippen LogP contribution in [-0.4, -0.2) is 45.1 Å². The van der Waals surface area contributed by atoms with Gasteiger partial charge in [-0.25, -0.2) is 9.97 Å². The lowest BCUT2D eigenvalue weighted by atomic mass is 9.87. The molecule has 2 aromatic carbocycles. The minimum atomic E-state index is 0.113. The predicted octanol–water partition coefficient (Wildman–Crippen LogP) is 6.34. The molecule has 0 unspecified atom stereocenters. The van der Waals surface area contributed by atoms with Gasteiger partial charge in [-0.3, -0.25) is 9.88 Å². The molecule has 1 N–H and O–H groups in total. The van der Waals surface area contributed by atoms with Crippen LogP contribution in [0.5, 0.6) is 0 Å². The molecule has 0 spiro atoms. The maximum atomic E-state index is 5.92. The van der Waals surface area contributed by atoms with Crippen molar-refractivity contribution in [3.05, 3.63) is 78.2 Å². The number of rotatable bonds is 5. The van der Waals surface area contributed by atoms with E-state index in [4.69, 9.17) is 14.7 Å². The van der Waals surface area contributed by atoms with Crippen molar-refractivity contribution in [1.82, 2.24) is 19.9 Å². The lowest BCUT2D eigenvalue weighted by Gasteiger charge is -2.34. The molecular weight excluding hydrogens is 446 g/mol. The second-order valence-electron chi connectivity index (χ2n) is 10.8. The summed E-state index contributed by atoms with van der Waals surface area (Å²) in [5.41, 5.74) is 5.31. The highest BCUT2D eigenvalue weighted by Gasteiger charge is 2.23. The van der Waals surface area contributed by atoms with Crippen LogP contribution >= 0.6 is 0 Å². The molecule has 0 aliphatic carbocycles. The lowest BCUT2D eigenvalue weighted by Crippen LogP contribution is -2.45. The van der Waals surface area contributed by atoms with Crippen LogP contribution in [0.15, 0.2) is 66.9 Å². The second-order valence-corrected chi connectivity index (χ2v) is 10.8. The van der Waals surface area contributed by atoms with E-state index in [2.05, 4.69) is 92.3 Å². The zero-order chi connectivity index (χ0) is 25.3. The first-order valence-electron chi connectivity index (χ1n) is 12.7. The fraction of sp³-hybridized carbons (Fsp3) is 0.367. The number of aromatic nitrogens is 3. The number of nitrogens with zero attached hydrogens (tertiary/aromatic N) is 4. The zero-order valence-electron chi connectivity index (χ0n) is 21.8. The molecule has 2 atom stereocenters. The summed E-state index contributed by atoms with van der Waals surface area (Å²) in [5.74, 6) is 1.62. The van der Waals surface area contributed by atoms with Crippen molar-refractivity contribution < 1.29 is 4.74 Å². The number of morpholine rings is 1. The van der Waals surface area contributed by atoms with E-state index in [9.17, 15) is 0 Å². The Balaban J connectivity index is 1.52. The van der Waals surface area contributed by atoms with Crippen LogP contribution in [-0.2, 0) is 16.7 Å². The second kappa shape index (κ2) is 9.96. The maximum Gasteiger partial charge on any atom is 0.145 e. The summed E-state index contributed by atoms with van der Waals surface area (Å²) >= 11 is 0. The van der Waals surface area contributed by atoms with Crippen LogP contribution in [0.25, 0.3) is 22.2 Å². The Morgan fingerprint density at radius 3 is 2.36 bits per heavy atom. The van der Waals surface area contributed by atoms with Crippen molar-refractivity contribution in [3.63, 3.8) is 0 Å². The molecule has 1 saturated heterocycles. The van der Waals surface area contributed by atoms with E-state index in [0.29, 0.717) is 6.54 Å². The fourth-order valence-corrected chi connectivity index (χ4v) is 4.84. The van der Waals surface area contributed by atoms with Gasteiger partial charge in [-0.05, 0) is 61.2 Å². The molecule has 186 valence electrons. The molecular formula is C30H35N5O. The van der Waals surface area contributed by atoms with Crippen LogP contribution < -0.4 is 5.32 Å². The van der Waals surface area contributed by atoms with Gasteiger partial charge >= 0.3 is 0 Å². The summed E-state index contributed by atoms with van der Waals surface area (Å²) in [5, 5.41) is 4.56. The fourth-order valence-electron chi connectivity index (χ4n) is 4.84. The molecule has 2 aromatic heterocycles. The number of fused-ring (bicyclic) bond motifs is 1. The Kier molecular flexibility index (Phi) is 6.73. The van der Waals surface area contributed by atoms with E-state index in [1.807, 2.05) is 24.4 Å². The van der Waals surface area contributed by atoms with Crippen molar-refractivity contribution in [1.29, 1.82) is 0 Å². The number of ether oxygens (including phenoxy) is 1. The summed E-state index contributed by atoms with van der Waals surface area (Å²) in [6.07, 6.45) is 2.22. The first kappa shape index (κ1) is 24.3. The van der Waals surface area contributed by atoms with Crippen LogP contribution in [0.3, 0.4) is 0 Å². The standard InChI is InChI=1S/C30H35N5O/c1-20-17-35(18-21(2)36-20)19-28-33-27-16-22(26-8-6-7-15-31-26)9-14-25(27)29(34-28)32-24-12-10-23(11-13-24)30(3,4)5/h6-16,20-21H,17-19H2,1-5H3,(H,32,33,34)/t20-,21+. The van der Waals surface area contributed by atoms with Gasteiger partial charge in [0.2, 0.25) is 0 Å². The van der Waals surface area contributed by atoms with E-state index in [0.717, 1.165) is 52.6 Å². The van der Waals surface area contributed by atoms with Gasteiger partial charge < -0.3 is 10.1 Å². The molecule has 1 aliphatic heterocycles. The van der Waals surface area contributed by atoms with Crippen molar-refractivity contribution >= 4 is 22.4 Å². The molecule has 1 aliphatic rings. The average Bonchev–Trinajstić information content (AvgIpc) is 2.83. The third-order valence-corrected chi connectivity index (χ3v) is 6.58. The molecule has 0 radical (unpaired) electrons. The van der Waals surface area contributed by atoms with Crippen molar-refractivity contribution in [2.45, 2.75) is 58.8 Å². The van der Waals surface area contributed by atoms with Gasteiger partial charge in [0.25, 0.3) is 0 Å². The molecule has 0 saturated carbocycles. The van der Waals surface area contributed by atoms with Crippen LogP contribution in [0, 0.1) is 0 Å². The smallest absolute Gasteiger partial charge is 0.145 e. The van der Waals surface area contributed by atoms with E-state index < -0.39 is 0 Å². The first-order chi connectivity index (χ1) is 17.2. The third-order valence-electron chi connectivity index (χ3n) is 6.58. The highest BCUT2D eigenvalue weighted by Crippen LogP contribution is 2.30. The molecule has 4 aromatic rings. The van der Waals surface area contributed by atoms with Crippen molar-refractivity contribution in [3.8, 4) is 11.3 Å². The SMILES string of the molecule is C[C@@H]1CN(Cc2nc(Nc3ccc(C(C)(C)C)cc3)c3ccc(-c4ccccn4)cc3n2)C[C@H](C)O1. The molecule has 0 bridgehead atoms. The highest BCUT2D eigenvalue weighted by molar-refractivity contribution is 5.93. The van der Waals surface area contributed by atoms with Crippen LogP contribution in [0.4, 0.5) is 11.5 Å². The zero-order valence-corrected chi connectivity index (χ0v) is 21.8. The average molecular weight is 482 g/mol. The van der Waals surface area contributed by atoms with Crippen molar-refractivity contribution in [2.75, 3.05) is 18.4 Å². The van der Waals surface area contributed by atoms with Gasteiger partial charge in [-0.2, -0.15) is 0 Å². The quantitative estimate of drug-likeness (QED) is 0.359. The van der Waals surface area contributed by atoms with Gasteiger partial charge in [-0.15, -0.1) is 0 Å². The maximum absolute atomic E-state index is 5.92. The van der Waals surface area contributed by atoms with Gasteiger partial charge in [0.15, 0.2) is 0 Å². The number of hydrogen-bond acceptors (Lipinski definition) is 6. The molecule has 6 nitrogen and oxygen atoms in total. The highest BCUT2D eigenvalue weighted by atomic mass is 16.5. The van der Waals surface area contributed by atoms with Crippen LogP contribution in [0.2, 0.25) is 0 Å². The normalized spacial score (nSPS) is 18.9. The number of pyridine rings is 1. The lowest BCUT2D eigenvalue weighted by molar-refractivity contribution is -0.0710. The largest absolute Gasteiger partial charge is 0.373 e. The summed E-state index contributed by atoms with van der Waals surface area (Å²) in [7, 11) is 0. The summed E-state index contributed by atoms with van der Waals surface area (Å²) in [6.45, 7) is 13.4. The van der Waals surface area contributed by atoms with Gasteiger partial charge in [0.05, 0.1) is 30.0 Å². The molecule has 6 heteroatoms. The monoisotopic (exact) mass is 481 g/mol. The Morgan fingerprint density at radius 1 is 0.944 bits per heavy atom. The molecule has 36 heavy (non-hydrogen) atoms. The summed E-state index contributed by atoms with van der Waals surface area (Å²) in [4.78, 5) is 16.9. The van der Waals surface area contributed by atoms with Gasteiger partial charge in [0, 0.05) is 35.9 Å². The van der Waals surface area contributed by atoms with E-state index in [1.165, 1.54) is 5.56 Å². The minimum absolute atomic E-state index is 0.113.